The first-order chi connectivity index (χ1) is 9.28. The predicted octanol–water partition coefficient (Wildman–Crippen LogP) is 1.57. The van der Waals surface area contributed by atoms with Crippen LogP contribution < -0.4 is 4.74 Å². The number of hydrogen-bond acceptors (Lipinski definition) is 5. The molecule has 0 atom stereocenters. The Morgan fingerprint density at radius 3 is 2.37 bits per heavy atom. The van der Waals surface area contributed by atoms with Gasteiger partial charge in [-0.2, -0.15) is 0 Å². The Kier molecular flexibility index (Phi) is 4.48. The van der Waals surface area contributed by atoms with Crippen molar-refractivity contribution in [2.45, 2.75) is 12.8 Å². The van der Waals surface area contributed by atoms with Crippen molar-refractivity contribution in [1.82, 2.24) is 15.0 Å². The second kappa shape index (κ2) is 6.31. The van der Waals surface area contributed by atoms with E-state index in [-0.39, 0.29) is 6.29 Å². The van der Waals surface area contributed by atoms with Gasteiger partial charge in [-0.05, 0) is 24.3 Å². The molecule has 0 aliphatic carbocycles. The lowest BCUT2D eigenvalue weighted by atomic mass is 10.1. The summed E-state index contributed by atoms with van der Waals surface area (Å²) in [6, 6.07) is 7.72. The van der Waals surface area contributed by atoms with E-state index < -0.39 is 0 Å². The van der Waals surface area contributed by atoms with Crippen molar-refractivity contribution < 1.29 is 14.2 Å². The summed E-state index contributed by atoms with van der Waals surface area (Å²) < 4.78 is 17.2. The molecule has 2 aromatic rings. The molecule has 19 heavy (non-hydrogen) atoms. The highest BCUT2D eigenvalue weighted by molar-refractivity contribution is 5.59. The van der Waals surface area contributed by atoms with E-state index in [2.05, 4.69) is 10.3 Å². The van der Waals surface area contributed by atoms with Gasteiger partial charge in [-0.1, -0.05) is 5.21 Å². The van der Waals surface area contributed by atoms with E-state index in [1.54, 1.807) is 32.2 Å². The Morgan fingerprint density at radius 1 is 1.11 bits per heavy atom. The van der Waals surface area contributed by atoms with Crippen LogP contribution >= 0.6 is 0 Å². The molecule has 0 radical (unpaired) electrons. The van der Waals surface area contributed by atoms with Gasteiger partial charge in [0.25, 0.3) is 0 Å². The number of methoxy groups -OCH3 is 3. The minimum absolute atomic E-state index is 0.348. The molecule has 0 saturated heterocycles. The highest BCUT2D eigenvalue weighted by Crippen LogP contribution is 2.21. The van der Waals surface area contributed by atoms with Crippen molar-refractivity contribution >= 4 is 0 Å². The van der Waals surface area contributed by atoms with Gasteiger partial charge in [-0.25, -0.2) is 4.68 Å². The van der Waals surface area contributed by atoms with Gasteiger partial charge in [0.05, 0.1) is 25.5 Å². The van der Waals surface area contributed by atoms with E-state index in [0.717, 1.165) is 17.0 Å². The zero-order valence-electron chi connectivity index (χ0n) is 11.2. The molecule has 0 bridgehead atoms. The number of rotatable bonds is 6. The standard InChI is InChI=1S/C13H17N3O3/c1-17-11-6-4-10(5-7-11)12-8-14-15-16(12)9-13(18-2)19-3/h4-8,13H,9H2,1-3H3. The van der Waals surface area contributed by atoms with Crippen LogP contribution in [0.4, 0.5) is 0 Å². The van der Waals surface area contributed by atoms with Gasteiger partial charge in [0.1, 0.15) is 5.75 Å². The molecule has 2 rings (SSSR count). The lowest BCUT2D eigenvalue weighted by molar-refractivity contribution is -0.112. The van der Waals surface area contributed by atoms with Crippen LogP contribution in [0.15, 0.2) is 30.5 Å². The number of nitrogens with zero attached hydrogens (tertiary/aromatic N) is 3. The molecule has 0 fully saturated rings. The molecule has 6 nitrogen and oxygen atoms in total. The maximum Gasteiger partial charge on any atom is 0.176 e. The first kappa shape index (κ1) is 13.5. The lowest BCUT2D eigenvalue weighted by Crippen LogP contribution is -2.21. The molecule has 0 spiro atoms. The third-order valence-corrected chi connectivity index (χ3v) is 2.85. The summed E-state index contributed by atoms with van der Waals surface area (Å²) in [7, 11) is 4.83. The Hall–Kier alpha value is -1.92. The topological polar surface area (TPSA) is 58.4 Å². The van der Waals surface area contributed by atoms with Gasteiger partial charge in [-0.15, -0.1) is 5.10 Å². The van der Waals surface area contributed by atoms with E-state index >= 15 is 0 Å². The first-order valence-electron chi connectivity index (χ1n) is 5.87. The molecule has 0 unspecified atom stereocenters. The third kappa shape index (κ3) is 3.10. The van der Waals surface area contributed by atoms with Gasteiger partial charge in [0, 0.05) is 19.8 Å². The van der Waals surface area contributed by atoms with Gasteiger partial charge < -0.3 is 14.2 Å². The Bertz CT molecular complexity index is 506. The third-order valence-electron chi connectivity index (χ3n) is 2.85. The van der Waals surface area contributed by atoms with Crippen LogP contribution in [0.5, 0.6) is 5.75 Å². The number of benzene rings is 1. The summed E-state index contributed by atoms with van der Waals surface area (Å²) in [6.07, 6.45) is 1.36. The molecular formula is C13H17N3O3. The quantitative estimate of drug-likeness (QED) is 0.740. The highest BCUT2D eigenvalue weighted by Gasteiger charge is 2.12. The second-order valence-electron chi connectivity index (χ2n) is 3.93. The number of hydrogen-bond donors (Lipinski definition) is 0. The molecule has 1 aromatic carbocycles. The summed E-state index contributed by atoms with van der Waals surface area (Å²) in [5, 5.41) is 7.98. The van der Waals surface area contributed by atoms with Gasteiger partial charge in [-0.3, -0.25) is 0 Å². The average Bonchev–Trinajstić information content (AvgIpc) is 2.93. The van der Waals surface area contributed by atoms with E-state index in [4.69, 9.17) is 14.2 Å². The molecule has 0 aliphatic heterocycles. The van der Waals surface area contributed by atoms with Crippen LogP contribution in [0.2, 0.25) is 0 Å². The minimum Gasteiger partial charge on any atom is -0.497 e. The van der Waals surface area contributed by atoms with E-state index in [1.165, 1.54) is 0 Å². The predicted molar refractivity (Wildman–Crippen MR) is 69.8 cm³/mol. The van der Waals surface area contributed by atoms with Crippen molar-refractivity contribution in [2.24, 2.45) is 0 Å². The summed E-state index contributed by atoms with van der Waals surface area (Å²) in [4.78, 5) is 0. The van der Waals surface area contributed by atoms with Crippen LogP contribution in [0.1, 0.15) is 0 Å². The smallest absolute Gasteiger partial charge is 0.176 e. The molecule has 1 heterocycles. The lowest BCUT2D eigenvalue weighted by Gasteiger charge is -2.14. The molecule has 0 N–H and O–H groups in total. The van der Waals surface area contributed by atoms with E-state index in [9.17, 15) is 0 Å². The maximum atomic E-state index is 5.17. The largest absolute Gasteiger partial charge is 0.497 e. The molecule has 102 valence electrons. The average molecular weight is 263 g/mol. The van der Waals surface area contributed by atoms with E-state index in [0.29, 0.717) is 6.54 Å². The van der Waals surface area contributed by atoms with Crippen molar-refractivity contribution in [3.8, 4) is 17.0 Å². The monoisotopic (exact) mass is 263 g/mol. The fourth-order valence-corrected chi connectivity index (χ4v) is 1.76. The summed E-state index contributed by atoms with van der Waals surface area (Å²) in [5.74, 6) is 0.814. The number of ether oxygens (including phenoxy) is 3. The first-order valence-corrected chi connectivity index (χ1v) is 5.87. The van der Waals surface area contributed by atoms with Gasteiger partial charge >= 0.3 is 0 Å². The summed E-state index contributed by atoms with van der Waals surface area (Å²) in [5.41, 5.74) is 1.92. The van der Waals surface area contributed by atoms with Crippen molar-refractivity contribution in [3.05, 3.63) is 30.5 Å². The highest BCUT2D eigenvalue weighted by atomic mass is 16.7. The Labute approximate surface area is 111 Å². The number of aromatic nitrogens is 3. The fourth-order valence-electron chi connectivity index (χ4n) is 1.76. The molecule has 1 aromatic heterocycles. The van der Waals surface area contributed by atoms with Crippen LogP contribution in [0.3, 0.4) is 0 Å². The zero-order chi connectivity index (χ0) is 13.7. The fraction of sp³-hybridized carbons (Fsp3) is 0.385. The van der Waals surface area contributed by atoms with E-state index in [1.807, 2.05) is 24.3 Å². The molecule has 0 saturated carbocycles. The Balaban J connectivity index is 2.22. The van der Waals surface area contributed by atoms with Crippen LogP contribution in [-0.4, -0.2) is 42.6 Å². The van der Waals surface area contributed by atoms with Crippen molar-refractivity contribution in [1.29, 1.82) is 0 Å². The van der Waals surface area contributed by atoms with Crippen molar-refractivity contribution in [3.63, 3.8) is 0 Å². The van der Waals surface area contributed by atoms with Crippen LogP contribution in [-0.2, 0) is 16.0 Å². The molecule has 0 aliphatic rings. The van der Waals surface area contributed by atoms with Crippen LogP contribution in [0, 0.1) is 0 Å². The minimum atomic E-state index is -0.348. The zero-order valence-corrected chi connectivity index (χ0v) is 11.2. The van der Waals surface area contributed by atoms with Gasteiger partial charge in [0.15, 0.2) is 6.29 Å². The second-order valence-corrected chi connectivity index (χ2v) is 3.93. The Morgan fingerprint density at radius 2 is 1.79 bits per heavy atom. The van der Waals surface area contributed by atoms with Gasteiger partial charge in [0.2, 0.25) is 0 Å². The molecule has 0 amide bonds. The maximum absolute atomic E-state index is 5.17. The normalized spacial score (nSPS) is 10.9. The molecular weight excluding hydrogens is 246 g/mol. The van der Waals surface area contributed by atoms with Crippen LogP contribution in [0.25, 0.3) is 11.3 Å². The summed E-state index contributed by atoms with van der Waals surface area (Å²) >= 11 is 0. The van der Waals surface area contributed by atoms with Crippen molar-refractivity contribution in [2.75, 3.05) is 21.3 Å². The summed E-state index contributed by atoms with van der Waals surface area (Å²) in [6.45, 7) is 0.481. The SMILES string of the molecule is COc1ccc(-c2cnnn2CC(OC)OC)cc1. The molecule has 6 heteroatoms.